The van der Waals surface area contributed by atoms with Crippen molar-refractivity contribution in [1.82, 2.24) is 0 Å². The van der Waals surface area contributed by atoms with Gasteiger partial charge in [0.25, 0.3) is 0 Å². The van der Waals surface area contributed by atoms with Crippen LogP contribution in [0.5, 0.6) is 0 Å². The molecule has 0 bridgehead atoms. The second-order valence-electron chi connectivity index (χ2n) is 6.00. The minimum atomic E-state index is -1.29. The Balaban J connectivity index is -0.000000350. The van der Waals surface area contributed by atoms with E-state index in [2.05, 4.69) is 0 Å². The van der Waals surface area contributed by atoms with Gasteiger partial charge in [0.05, 0.1) is 6.42 Å². The molecule has 0 aliphatic heterocycles. The van der Waals surface area contributed by atoms with Gasteiger partial charge in [0.2, 0.25) is 0 Å². The van der Waals surface area contributed by atoms with E-state index in [9.17, 15) is 19.2 Å². The summed E-state index contributed by atoms with van der Waals surface area (Å²) in [4.78, 5) is 39.9. The molecule has 14 N–H and O–H groups in total. The number of hydrogen-bond donors (Lipinski definition) is 9. The summed E-state index contributed by atoms with van der Waals surface area (Å²) < 4.78 is 0. The van der Waals surface area contributed by atoms with E-state index < -0.39 is 48.4 Å². The Morgan fingerprint density at radius 2 is 0.897 bits per heavy atom. The average Bonchev–Trinajstić information content (AvgIpc) is 2.62. The van der Waals surface area contributed by atoms with E-state index in [0.29, 0.717) is 25.9 Å². The predicted octanol–water partition coefficient (Wildman–Crippen LogP) is -2.07. The lowest BCUT2D eigenvalue weighted by atomic mass is 10.1. The van der Waals surface area contributed by atoms with Crippen molar-refractivity contribution >= 4 is 23.9 Å². The quantitative estimate of drug-likeness (QED) is 0.143. The molecule has 29 heavy (non-hydrogen) atoms. The Kier molecular flexibility index (Phi) is 22.1. The van der Waals surface area contributed by atoms with E-state index in [-0.39, 0.29) is 0 Å². The number of carboxylic acid groups (broad SMARTS) is 4. The van der Waals surface area contributed by atoms with Crippen LogP contribution >= 0.6 is 0 Å². The van der Waals surface area contributed by atoms with Crippen LogP contribution in [0.3, 0.4) is 0 Å². The molecule has 0 aliphatic carbocycles. The van der Waals surface area contributed by atoms with E-state index >= 15 is 0 Å². The summed E-state index contributed by atoms with van der Waals surface area (Å²) in [5, 5.41) is 32.7. The molecule has 3 atom stereocenters. The van der Waals surface area contributed by atoms with Crippen LogP contribution in [0.4, 0.5) is 0 Å². The third kappa shape index (κ3) is 25.7. The van der Waals surface area contributed by atoms with Gasteiger partial charge in [-0.05, 0) is 38.8 Å². The van der Waals surface area contributed by atoms with Gasteiger partial charge in [0.1, 0.15) is 18.1 Å². The normalized spacial score (nSPS) is 12.9. The van der Waals surface area contributed by atoms with E-state index in [1.54, 1.807) is 0 Å². The molecule has 0 fully saturated rings. The van der Waals surface area contributed by atoms with Crippen LogP contribution in [-0.4, -0.2) is 75.5 Å². The molecule has 0 radical (unpaired) electrons. The van der Waals surface area contributed by atoms with Crippen molar-refractivity contribution in [3.8, 4) is 0 Å². The molecule has 0 aromatic rings. The number of unbranched alkanes of at least 4 members (excludes halogenated alkanes) is 2. The van der Waals surface area contributed by atoms with Crippen molar-refractivity contribution < 1.29 is 39.6 Å². The zero-order valence-corrected chi connectivity index (χ0v) is 16.4. The SMILES string of the molecule is NC(CC(=O)O)C(=O)O.NCCCCC(N)C(=O)O.NCCCCC(N)C(=O)O. The summed E-state index contributed by atoms with van der Waals surface area (Å²) in [7, 11) is 0. The van der Waals surface area contributed by atoms with Gasteiger partial charge >= 0.3 is 23.9 Å². The first-order valence-corrected chi connectivity index (χ1v) is 8.97. The van der Waals surface area contributed by atoms with Crippen molar-refractivity contribution in [1.29, 1.82) is 0 Å². The van der Waals surface area contributed by atoms with Gasteiger partial charge in [-0.2, -0.15) is 0 Å². The standard InChI is InChI=1S/2C6H14N2O2.C4H7NO4/c2*7-4-2-1-3-5(8)6(9)10;5-2(4(8)9)1-3(6)7/h2*5H,1-4,7-8H2,(H,9,10);2H,1,5H2,(H,6,7)(H,8,9). The number of rotatable bonds is 13. The highest BCUT2D eigenvalue weighted by molar-refractivity contribution is 5.80. The molecule has 0 aliphatic rings. The third-order valence-electron chi connectivity index (χ3n) is 3.28. The predicted molar refractivity (Wildman–Crippen MR) is 105 cm³/mol. The van der Waals surface area contributed by atoms with Crippen molar-refractivity contribution in [2.45, 2.75) is 63.1 Å². The van der Waals surface area contributed by atoms with Crippen molar-refractivity contribution in [3.63, 3.8) is 0 Å². The molecule has 0 aromatic carbocycles. The molecular weight excluding hydrogens is 390 g/mol. The average molecular weight is 425 g/mol. The van der Waals surface area contributed by atoms with Crippen molar-refractivity contribution in [2.24, 2.45) is 28.7 Å². The fourth-order valence-corrected chi connectivity index (χ4v) is 1.54. The summed E-state index contributed by atoms with van der Waals surface area (Å²) in [6.07, 6.45) is 3.80. The van der Waals surface area contributed by atoms with Gasteiger partial charge in [-0.25, -0.2) is 0 Å². The molecule has 13 nitrogen and oxygen atoms in total. The first-order valence-electron chi connectivity index (χ1n) is 8.97. The highest BCUT2D eigenvalue weighted by Gasteiger charge is 2.14. The van der Waals surface area contributed by atoms with E-state index in [1.165, 1.54) is 0 Å². The molecule has 0 spiro atoms. The lowest BCUT2D eigenvalue weighted by Gasteiger charge is -2.03. The Morgan fingerprint density at radius 1 is 0.586 bits per heavy atom. The minimum absolute atomic E-state index is 0.520. The van der Waals surface area contributed by atoms with Crippen LogP contribution in [0.15, 0.2) is 0 Å². The fourth-order valence-electron chi connectivity index (χ4n) is 1.54. The molecule has 13 heteroatoms. The highest BCUT2D eigenvalue weighted by atomic mass is 16.4. The summed E-state index contributed by atoms with van der Waals surface area (Å²) in [6.45, 7) is 1.21. The molecule has 172 valence electrons. The fraction of sp³-hybridized carbons (Fsp3) is 0.750. The van der Waals surface area contributed by atoms with Crippen molar-refractivity contribution in [2.75, 3.05) is 13.1 Å². The van der Waals surface area contributed by atoms with E-state index in [1.807, 2.05) is 0 Å². The minimum Gasteiger partial charge on any atom is -0.481 e. The number of carboxylic acids is 4. The second kappa shape index (κ2) is 20.4. The Labute approximate surface area is 169 Å². The number of carbonyl (C=O) groups is 4. The molecule has 0 heterocycles. The maximum atomic E-state index is 10.1. The largest absolute Gasteiger partial charge is 0.481 e. The maximum Gasteiger partial charge on any atom is 0.321 e. The van der Waals surface area contributed by atoms with Crippen molar-refractivity contribution in [3.05, 3.63) is 0 Å². The number of nitrogens with two attached hydrogens (primary N) is 5. The van der Waals surface area contributed by atoms with Gasteiger partial charge in [0, 0.05) is 0 Å². The topological polar surface area (TPSA) is 279 Å². The highest BCUT2D eigenvalue weighted by Crippen LogP contribution is 1.97. The smallest absolute Gasteiger partial charge is 0.321 e. The number of hydrogen-bond acceptors (Lipinski definition) is 9. The van der Waals surface area contributed by atoms with E-state index in [0.717, 1.165) is 25.7 Å². The van der Waals surface area contributed by atoms with Crippen LogP contribution in [0.2, 0.25) is 0 Å². The zero-order chi connectivity index (χ0) is 23.4. The summed E-state index contributed by atoms with van der Waals surface area (Å²) in [5.74, 6) is -4.36. The molecule has 0 amide bonds. The van der Waals surface area contributed by atoms with Crippen LogP contribution < -0.4 is 28.7 Å². The van der Waals surface area contributed by atoms with Gasteiger partial charge in [-0.1, -0.05) is 12.8 Å². The van der Waals surface area contributed by atoms with Gasteiger partial charge in [0.15, 0.2) is 0 Å². The van der Waals surface area contributed by atoms with Gasteiger partial charge < -0.3 is 49.1 Å². The first-order chi connectivity index (χ1) is 13.4. The summed E-state index contributed by atoms with van der Waals surface area (Å²) in [5.41, 5.74) is 25.7. The lowest BCUT2D eigenvalue weighted by Crippen LogP contribution is -2.32. The maximum absolute atomic E-state index is 10.1. The summed E-state index contributed by atoms with van der Waals surface area (Å²) >= 11 is 0. The molecule has 0 aromatic heterocycles. The van der Waals surface area contributed by atoms with Gasteiger partial charge in [-0.15, -0.1) is 0 Å². The zero-order valence-electron chi connectivity index (χ0n) is 16.4. The molecule has 0 saturated heterocycles. The van der Waals surface area contributed by atoms with Crippen LogP contribution in [0.1, 0.15) is 44.9 Å². The monoisotopic (exact) mass is 425 g/mol. The molecule has 0 saturated carbocycles. The van der Waals surface area contributed by atoms with Crippen LogP contribution in [0.25, 0.3) is 0 Å². The van der Waals surface area contributed by atoms with E-state index in [4.69, 9.17) is 49.1 Å². The molecular formula is C16H35N5O8. The third-order valence-corrected chi connectivity index (χ3v) is 3.28. The molecule has 3 unspecified atom stereocenters. The Bertz CT molecular complexity index is 452. The summed E-state index contributed by atoms with van der Waals surface area (Å²) in [6, 6.07) is -2.72. The lowest BCUT2D eigenvalue weighted by molar-refractivity contribution is -0.144. The Morgan fingerprint density at radius 3 is 1.07 bits per heavy atom. The van der Waals surface area contributed by atoms with Gasteiger partial charge in [-0.3, -0.25) is 19.2 Å². The first kappa shape index (κ1) is 31.4. The van der Waals surface area contributed by atoms with Crippen LogP contribution in [0, 0.1) is 0 Å². The second-order valence-corrected chi connectivity index (χ2v) is 6.00. The van der Waals surface area contributed by atoms with Crippen LogP contribution in [-0.2, 0) is 19.2 Å². The number of aliphatic carboxylic acids is 4. The molecule has 0 rings (SSSR count). The Hall–Kier alpha value is -2.32.